The van der Waals surface area contributed by atoms with Crippen LogP contribution in [0.2, 0.25) is 10.0 Å². The van der Waals surface area contributed by atoms with Crippen LogP contribution >= 0.6 is 23.2 Å². The van der Waals surface area contributed by atoms with E-state index in [1.165, 1.54) is 19.1 Å². The molecule has 1 aromatic rings. The lowest BCUT2D eigenvalue weighted by atomic mass is 10.2. The second-order valence-corrected chi connectivity index (χ2v) is 3.42. The SMILES string of the molecule is CC(=O)Nc1cc(Cl)c(C#N)c(Cl)c1. The van der Waals surface area contributed by atoms with Crippen LogP contribution in [0.3, 0.4) is 0 Å². The number of rotatable bonds is 1. The van der Waals surface area contributed by atoms with Crippen molar-refractivity contribution in [3.05, 3.63) is 27.7 Å². The maximum Gasteiger partial charge on any atom is 0.221 e. The van der Waals surface area contributed by atoms with E-state index in [1.807, 2.05) is 6.07 Å². The van der Waals surface area contributed by atoms with Gasteiger partial charge >= 0.3 is 0 Å². The quantitative estimate of drug-likeness (QED) is 0.804. The van der Waals surface area contributed by atoms with Gasteiger partial charge in [0.15, 0.2) is 0 Å². The average Bonchev–Trinajstić information content (AvgIpc) is 2.01. The first-order valence-electron chi connectivity index (χ1n) is 3.71. The summed E-state index contributed by atoms with van der Waals surface area (Å²) in [7, 11) is 0. The second-order valence-electron chi connectivity index (χ2n) is 2.61. The van der Waals surface area contributed by atoms with Gasteiger partial charge in [-0.05, 0) is 12.1 Å². The van der Waals surface area contributed by atoms with Crippen LogP contribution in [0.1, 0.15) is 12.5 Å². The molecular weight excluding hydrogens is 223 g/mol. The molecule has 1 aromatic carbocycles. The Morgan fingerprint density at radius 1 is 1.43 bits per heavy atom. The van der Waals surface area contributed by atoms with Crippen molar-refractivity contribution in [1.82, 2.24) is 0 Å². The van der Waals surface area contributed by atoms with E-state index in [0.717, 1.165) is 0 Å². The van der Waals surface area contributed by atoms with E-state index in [4.69, 9.17) is 28.5 Å². The molecule has 0 aliphatic heterocycles. The molecule has 0 atom stereocenters. The first kappa shape index (κ1) is 10.8. The Bertz CT molecular complexity index is 400. The molecule has 3 nitrogen and oxygen atoms in total. The predicted octanol–water partition coefficient (Wildman–Crippen LogP) is 2.82. The third-order valence-electron chi connectivity index (χ3n) is 1.47. The van der Waals surface area contributed by atoms with Crippen molar-refractivity contribution in [2.45, 2.75) is 6.92 Å². The fraction of sp³-hybridized carbons (Fsp3) is 0.111. The van der Waals surface area contributed by atoms with Crippen molar-refractivity contribution in [3.8, 4) is 6.07 Å². The predicted molar refractivity (Wildman–Crippen MR) is 55.5 cm³/mol. The summed E-state index contributed by atoms with van der Waals surface area (Å²) in [6.07, 6.45) is 0. The van der Waals surface area contributed by atoms with Gasteiger partial charge in [0.1, 0.15) is 6.07 Å². The molecule has 0 aliphatic carbocycles. The van der Waals surface area contributed by atoms with Crippen molar-refractivity contribution in [1.29, 1.82) is 5.26 Å². The summed E-state index contributed by atoms with van der Waals surface area (Å²) in [6.45, 7) is 1.38. The van der Waals surface area contributed by atoms with Gasteiger partial charge < -0.3 is 5.32 Å². The summed E-state index contributed by atoms with van der Waals surface area (Å²) in [5.74, 6) is -0.221. The van der Waals surface area contributed by atoms with Crippen molar-refractivity contribution in [3.63, 3.8) is 0 Å². The first-order valence-corrected chi connectivity index (χ1v) is 4.47. The Morgan fingerprint density at radius 3 is 2.29 bits per heavy atom. The van der Waals surface area contributed by atoms with Gasteiger partial charge in [-0.3, -0.25) is 4.79 Å². The number of hydrogen-bond donors (Lipinski definition) is 1. The minimum absolute atomic E-state index is 0.211. The summed E-state index contributed by atoms with van der Waals surface area (Å²) in [4.78, 5) is 10.7. The van der Waals surface area contributed by atoms with Crippen LogP contribution in [0.4, 0.5) is 5.69 Å². The second kappa shape index (κ2) is 4.32. The summed E-state index contributed by atoms with van der Waals surface area (Å²) >= 11 is 11.5. The lowest BCUT2D eigenvalue weighted by Gasteiger charge is -2.04. The summed E-state index contributed by atoms with van der Waals surface area (Å²) < 4.78 is 0. The molecule has 1 N–H and O–H groups in total. The first-order chi connectivity index (χ1) is 6.54. The maximum atomic E-state index is 10.7. The highest BCUT2D eigenvalue weighted by Gasteiger charge is 2.07. The Kier molecular flexibility index (Phi) is 3.34. The normalized spacial score (nSPS) is 9.29. The molecule has 72 valence electrons. The van der Waals surface area contributed by atoms with E-state index in [0.29, 0.717) is 5.69 Å². The summed E-state index contributed by atoms with van der Waals surface area (Å²) in [5, 5.41) is 11.6. The molecule has 0 saturated heterocycles. The topological polar surface area (TPSA) is 52.9 Å². The largest absolute Gasteiger partial charge is 0.326 e. The van der Waals surface area contributed by atoms with Crippen LogP contribution in [0, 0.1) is 11.3 Å². The minimum Gasteiger partial charge on any atom is -0.326 e. The van der Waals surface area contributed by atoms with Crippen molar-refractivity contribution in [2.75, 3.05) is 5.32 Å². The summed E-state index contributed by atoms with van der Waals surface area (Å²) in [5.41, 5.74) is 0.689. The number of carbonyl (C=O) groups excluding carboxylic acids is 1. The van der Waals surface area contributed by atoms with Gasteiger partial charge in [-0.1, -0.05) is 23.2 Å². The molecule has 0 bridgehead atoms. The Morgan fingerprint density at radius 2 is 1.93 bits per heavy atom. The van der Waals surface area contributed by atoms with E-state index in [-0.39, 0.29) is 21.5 Å². The minimum atomic E-state index is -0.221. The fourth-order valence-corrected chi connectivity index (χ4v) is 1.53. The molecule has 0 spiro atoms. The number of halogens is 2. The molecule has 5 heteroatoms. The van der Waals surface area contributed by atoms with Crippen LogP contribution in [-0.4, -0.2) is 5.91 Å². The monoisotopic (exact) mass is 228 g/mol. The third kappa shape index (κ3) is 2.38. The standard InChI is InChI=1S/C9H6Cl2N2O/c1-5(14)13-6-2-8(10)7(4-12)9(11)3-6/h2-3H,1H3,(H,13,14). The number of amides is 1. The number of nitriles is 1. The number of hydrogen-bond acceptors (Lipinski definition) is 2. The summed E-state index contributed by atoms with van der Waals surface area (Å²) in [6, 6.07) is 4.83. The number of carbonyl (C=O) groups is 1. The highest BCUT2D eigenvalue weighted by Crippen LogP contribution is 2.28. The molecule has 0 unspecified atom stereocenters. The van der Waals surface area contributed by atoms with Gasteiger partial charge in [-0.25, -0.2) is 0 Å². The lowest BCUT2D eigenvalue weighted by Crippen LogP contribution is -2.05. The number of nitrogens with one attached hydrogen (secondary N) is 1. The van der Waals surface area contributed by atoms with Crippen molar-refractivity contribution < 1.29 is 4.79 Å². The zero-order valence-electron chi connectivity index (χ0n) is 7.27. The Balaban J connectivity index is 3.15. The number of benzene rings is 1. The van der Waals surface area contributed by atoms with Gasteiger partial charge in [0.05, 0.1) is 15.6 Å². The van der Waals surface area contributed by atoms with Crippen molar-refractivity contribution in [2.24, 2.45) is 0 Å². The number of nitrogens with zero attached hydrogens (tertiary/aromatic N) is 1. The Hall–Kier alpha value is -1.24. The van der Waals surface area contributed by atoms with E-state index < -0.39 is 0 Å². The van der Waals surface area contributed by atoms with Gasteiger partial charge in [0, 0.05) is 12.6 Å². The van der Waals surface area contributed by atoms with Crippen LogP contribution < -0.4 is 5.32 Å². The molecule has 0 saturated carbocycles. The molecule has 0 fully saturated rings. The van der Waals surface area contributed by atoms with Crippen LogP contribution in [0.25, 0.3) is 0 Å². The average molecular weight is 229 g/mol. The van der Waals surface area contributed by atoms with Gasteiger partial charge in [-0.2, -0.15) is 5.26 Å². The smallest absolute Gasteiger partial charge is 0.221 e. The van der Waals surface area contributed by atoms with Crippen LogP contribution in [-0.2, 0) is 4.79 Å². The van der Waals surface area contributed by atoms with Gasteiger partial charge in [0.25, 0.3) is 0 Å². The molecule has 0 radical (unpaired) electrons. The number of anilines is 1. The fourth-order valence-electron chi connectivity index (χ4n) is 0.955. The Labute approximate surface area is 91.2 Å². The molecule has 0 aromatic heterocycles. The van der Waals surface area contributed by atoms with E-state index in [2.05, 4.69) is 5.32 Å². The third-order valence-corrected chi connectivity index (χ3v) is 2.07. The van der Waals surface area contributed by atoms with E-state index >= 15 is 0 Å². The molecule has 1 amide bonds. The highest BCUT2D eigenvalue weighted by molar-refractivity contribution is 6.37. The van der Waals surface area contributed by atoms with Gasteiger partial charge in [0.2, 0.25) is 5.91 Å². The molecule has 14 heavy (non-hydrogen) atoms. The lowest BCUT2D eigenvalue weighted by molar-refractivity contribution is -0.114. The van der Waals surface area contributed by atoms with Crippen molar-refractivity contribution >= 4 is 34.8 Å². The highest BCUT2D eigenvalue weighted by atomic mass is 35.5. The van der Waals surface area contributed by atoms with E-state index in [9.17, 15) is 4.79 Å². The van der Waals surface area contributed by atoms with Crippen LogP contribution in [0.5, 0.6) is 0 Å². The maximum absolute atomic E-state index is 10.7. The van der Waals surface area contributed by atoms with Gasteiger partial charge in [-0.15, -0.1) is 0 Å². The zero-order valence-corrected chi connectivity index (χ0v) is 8.78. The van der Waals surface area contributed by atoms with Crippen LogP contribution in [0.15, 0.2) is 12.1 Å². The molecule has 0 heterocycles. The molecule has 1 rings (SSSR count). The molecule has 0 aliphatic rings. The zero-order chi connectivity index (χ0) is 10.7. The van der Waals surface area contributed by atoms with E-state index in [1.54, 1.807) is 0 Å². The molecular formula is C9H6Cl2N2O.